The molecule has 0 radical (unpaired) electrons. The van der Waals surface area contributed by atoms with E-state index < -0.39 is 0 Å². The molecular formula is C12H12N2O. The summed E-state index contributed by atoms with van der Waals surface area (Å²) in [5.41, 5.74) is 2.70. The van der Waals surface area contributed by atoms with Crippen molar-refractivity contribution < 1.29 is 5.11 Å². The molecule has 0 amide bonds. The summed E-state index contributed by atoms with van der Waals surface area (Å²) in [5.74, 6) is 0.736. The molecule has 1 heterocycles. The quantitative estimate of drug-likeness (QED) is 0.805. The number of hydrogen-bond acceptors (Lipinski definition) is 3. The van der Waals surface area contributed by atoms with Gasteiger partial charge in [0, 0.05) is 11.8 Å². The number of aryl methyl sites for hydroxylation is 1. The minimum absolute atomic E-state index is 0.0270. The first kappa shape index (κ1) is 9.80. The summed E-state index contributed by atoms with van der Waals surface area (Å²) in [5, 5.41) is 9.21. The van der Waals surface area contributed by atoms with Gasteiger partial charge in [-0.25, -0.2) is 9.97 Å². The van der Waals surface area contributed by atoms with Crippen LogP contribution >= 0.6 is 0 Å². The average molecular weight is 200 g/mol. The SMILES string of the molecule is Cc1nccc(-c2ccccc2CO)n1. The van der Waals surface area contributed by atoms with Crippen LogP contribution in [0.1, 0.15) is 11.4 Å². The summed E-state index contributed by atoms with van der Waals surface area (Å²) in [6, 6.07) is 9.54. The van der Waals surface area contributed by atoms with E-state index in [0.717, 1.165) is 22.6 Å². The van der Waals surface area contributed by atoms with Gasteiger partial charge in [0.25, 0.3) is 0 Å². The van der Waals surface area contributed by atoms with Crippen molar-refractivity contribution in [3.8, 4) is 11.3 Å². The van der Waals surface area contributed by atoms with Crippen LogP contribution in [0.4, 0.5) is 0 Å². The Kier molecular flexibility index (Phi) is 2.74. The Balaban J connectivity index is 2.53. The molecule has 0 bridgehead atoms. The molecule has 1 aromatic heterocycles. The van der Waals surface area contributed by atoms with E-state index in [4.69, 9.17) is 0 Å². The Bertz CT molecular complexity index is 469. The second-order valence-corrected chi connectivity index (χ2v) is 3.30. The lowest BCUT2D eigenvalue weighted by Crippen LogP contribution is -1.94. The molecule has 0 unspecified atom stereocenters. The van der Waals surface area contributed by atoms with Gasteiger partial charge in [0.1, 0.15) is 5.82 Å². The highest BCUT2D eigenvalue weighted by atomic mass is 16.3. The number of aliphatic hydroxyl groups is 1. The van der Waals surface area contributed by atoms with Crippen molar-refractivity contribution in [1.82, 2.24) is 9.97 Å². The van der Waals surface area contributed by atoms with Gasteiger partial charge in [-0.1, -0.05) is 24.3 Å². The molecule has 2 aromatic rings. The molecule has 0 atom stereocenters. The van der Waals surface area contributed by atoms with E-state index in [9.17, 15) is 5.11 Å². The lowest BCUT2D eigenvalue weighted by atomic mass is 10.1. The van der Waals surface area contributed by atoms with Gasteiger partial charge in [0.15, 0.2) is 0 Å². The van der Waals surface area contributed by atoms with E-state index >= 15 is 0 Å². The van der Waals surface area contributed by atoms with Crippen LogP contribution in [0.5, 0.6) is 0 Å². The Morgan fingerprint density at radius 2 is 2.00 bits per heavy atom. The highest BCUT2D eigenvalue weighted by molar-refractivity contribution is 5.63. The molecule has 0 spiro atoms. The number of rotatable bonds is 2. The largest absolute Gasteiger partial charge is 0.392 e. The summed E-state index contributed by atoms with van der Waals surface area (Å²) in [6.07, 6.45) is 1.73. The van der Waals surface area contributed by atoms with Crippen LogP contribution in [0.2, 0.25) is 0 Å². The minimum Gasteiger partial charge on any atom is -0.392 e. The van der Waals surface area contributed by atoms with Gasteiger partial charge in [-0.05, 0) is 18.6 Å². The summed E-state index contributed by atoms with van der Waals surface area (Å²) in [4.78, 5) is 8.38. The molecule has 0 aliphatic heterocycles. The predicted octanol–water partition coefficient (Wildman–Crippen LogP) is 1.94. The highest BCUT2D eigenvalue weighted by Crippen LogP contribution is 2.21. The second kappa shape index (κ2) is 4.19. The lowest BCUT2D eigenvalue weighted by molar-refractivity contribution is 0.282. The molecule has 0 aliphatic carbocycles. The fourth-order valence-electron chi connectivity index (χ4n) is 1.51. The summed E-state index contributed by atoms with van der Waals surface area (Å²) >= 11 is 0. The van der Waals surface area contributed by atoms with Crippen molar-refractivity contribution in [1.29, 1.82) is 0 Å². The molecule has 15 heavy (non-hydrogen) atoms. The van der Waals surface area contributed by atoms with Crippen molar-refractivity contribution >= 4 is 0 Å². The Hall–Kier alpha value is -1.74. The smallest absolute Gasteiger partial charge is 0.125 e. The van der Waals surface area contributed by atoms with E-state index in [0.29, 0.717) is 0 Å². The van der Waals surface area contributed by atoms with Crippen molar-refractivity contribution in [3.05, 3.63) is 47.9 Å². The number of aromatic nitrogens is 2. The third-order valence-corrected chi connectivity index (χ3v) is 2.24. The number of hydrogen-bond donors (Lipinski definition) is 1. The monoisotopic (exact) mass is 200 g/mol. The minimum atomic E-state index is 0.0270. The molecule has 0 saturated carbocycles. The lowest BCUT2D eigenvalue weighted by Gasteiger charge is -2.06. The summed E-state index contributed by atoms with van der Waals surface area (Å²) < 4.78 is 0. The summed E-state index contributed by atoms with van der Waals surface area (Å²) in [7, 11) is 0. The van der Waals surface area contributed by atoms with Crippen molar-refractivity contribution in [2.24, 2.45) is 0 Å². The van der Waals surface area contributed by atoms with Crippen LogP contribution in [0, 0.1) is 6.92 Å². The zero-order valence-corrected chi connectivity index (χ0v) is 8.51. The molecule has 0 saturated heterocycles. The Morgan fingerprint density at radius 1 is 1.20 bits per heavy atom. The van der Waals surface area contributed by atoms with E-state index in [2.05, 4.69) is 9.97 Å². The third-order valence-electron chi connectivity index (χ3n) is 2.24. The van der Waals surface area contributed by atoms with Crippen molar-refractivity contribution in [2.45, 2.75) is 13.5 Å². The molecule has 1 N–H and O–H groups in total. The first-order chi connectivity index (χ1) is 7.31. The van der Waals surface area contributed by atoms with E-state index in [1.807, 2.05) is 37.3 Å². The third kappa shape index (κ3) is 2.02. The van der Waals surface area contributed by atoms with Crippen molar-refractivity contribution in [3.63, 3.8) is 0 Å². The van der Waals surface area contributed by atoms with Crippen LogP contribution < -0.4 is 0 Å². The highest BCUT2D eigenvalue weighted by Gasteiger charge is 2.04. The van der Waals surface area contributed by atoms with Crippen LogP contribution in [0.3, 0.4) is 0 Å². The van der Waals surface area contributed by atoms with Gasteiger partial charge in [0.05, 0.1) is 12.3 Å². The molecule has 76 valence electrons. The van der Waals surface area contributed by atoms with Crippen molar-refractivity contribution in [2.75, 3.05) is 0 Å². The van der Waals surface area contributed by atoms with Gasteiger partial charge in [-0.15, -0.1) is 0 Å². The normalized spacial score (nSPS) is 10.3. The molecule has 2 rings (SSSR count). The average Bonchev–Trinajstić information content (AvgIpc) is 2.29. The number of aliphatic hydroxyl groups excluding tert-OH is 1. The van der Waals surface area contributed by atoms with Gasteiger partial charge in [-0.3, -0.25) is 0 Å². The standard InChI is InChI=1S/C12H12N2O/c1-9-13-7-6-12(14-9)11-5-3-2-4-10(11)8-15/h2-7,15H,8H2,1H3. The topological polar surface area (TPSA) is 46.0 Å². The summed E-state index contributed by atoms with van der Waals surface area (Å²) in [6.45, 7) is 1.88. The maximum absolute atomic E-state index is 9.21. The maximum Gasteiger partial charge on any atom is 0.125 e. The second-order valence-electron chi connectivity index (χ2n) is 3.30. The van der Waals surface area contributed by atoms with Crippen LogP contribution in [0.25, 0.3) is 11.3 Å². The van der Waals surface area contributed by atoms with E-state index in [1.54, 1.807) is 6.20 Å². The molecule has 0 aliphatic rings. The molecule has 0 fully saturated rings. The number of nitrogens with zero attached hydrogens (tertiary/aromatic N) is 2. The maximum atomic E-state index is 9.21. The Labute approximate surface area is 88.5 Å². The van der Waals surface area contributed by atoms with E-state index in [-0.39, 0.29) is 6.61 Å². The first-order valence-electron chi connectivity index (χ1n) is 4.80. The zero-order valence-electron chi connectivity index (χ0n) is 8.51. The zero-order chi connectivity index (χ0) is 10.7. The van der Waals surface area contributed by atoms with Gasteiger partial charge >= 0.3 is 0 Å². The molecule has 3 nitrogen and oxygen atoms in total. The molecule has 3 heteroatoms. The number of benzene rings is 1. The van der Waals surface area contributed by atoms with Gasteiger partial charge in [-0.2, -0.15) is 0 Å². The first-order valence-corrected chi connectivity index (χ1v) is 4.80. The van der Waals surface area contributed by atoms with Gasteiger partial charge < -0.3 is 5.11 Å². The molecule has 1 aromatic carbocycles. The fraction of sp³-hybridized carbons (Fsp3) is 0.167. The predicted molar refractivity (Wildman–Crippen MR) is 58.1 cm³/mol. The Morgan fingerprint density at radius 3 is 2.73 bits per heavy atom. The van der Waals surface area contributed by atoms with Crippen LogP contribution in [-0.4, -0.2) is 15.1 Å². The van der Waals surface area contributed by atoms with Crippen LogP contribution in [-0.2, 0) is 6.61 Å². The van der Waals surface area contributed by atoms with E-state index in [1.165, 1.54) is 0 Å². The van der Waals surface area contributed by atoms with Crippen LogP contribution in [0.15, 0.2) is 36.5 Å². The molecular weight excluding hydrogens is 188 g/mol. The fourth-order valence-corrected chi connectivity index (χ4v) is 1.51. The van der Waals surface area contributed by atoms with Gasteiger partial charge in [0.2, 0.25) is 0 Å².